The first kappa shape index (κ1) is 25.4. The molecule has 36 heavy (non-hydrogen) atoms. The Kier molecular flexibility index (Phi) is 6.90. The number of hydrogen-bond donors (Lipinski definition) is 0. The van der Waals surface area contributed by atoms with Gasteiger partial charge in [0.15, 0.2) is 6.26 Å². The Morgan fingerprint density at radius 3 is 2.08 bits per heavy atom. The molecular formula is C28H24NO5PS-2. The molecule has 1 atom stereocenters. The van der Waals surface area contributed by atoms with Crippen LogP contribution in [0.4, 0.5) is 5.69 Å². The number of benzene rings is 3. The third kappa shape index (κ3) is 4.85. The number of carboxylic acid groups (broad SMARTS) is 2. The molecule has 3 aromatic rings. The van der Waals surface area contributed by atoms with Crippen LogP contribution in [0.1, 0.15) is 25.0 Å². The van der Waals surface area contributed by atoms with E-state index >= 15 is 0 Å². The third-order valence-corrected chi connectivity index (χ3v) is 9.48. The predicted octanol–water partition coefficient (Wildman–Crippen LogP) is 2.94. The number of carbonyl (C=O) groups excluding carboxylic acids is 2. The molecular weight excluding hydrogens is 493 g/mol. The average molecular weight is 518 g/mol. The van der Waals surface area contributed by atoms with E-state index in [4.69, 9.17) is 16.3 Å². The second-order valence-electron chi connectivity index (χ2n) is 8.94. The molecule has 0 N–H and O–H groups in total. The predicted molar refractivity (Wildman–Crippen MR) is 141 cm³/mol. The number of carbonyl (C=O) groups is 2. The fraction of sp³-hybridized carbons (Fsp3) is 0.143. The van der Waals surface area contributed by atoms with Gasteiger partial charge in [0, 0.05) is 40.5 Å². The van der Waals surface area contributed by atoms with Gasteiger partial charge in [-0.15, -0.1) is 0 Å². The van der Waals surface area contributed by atoms with Crippen molar-refractivity contribution in [1.29, 1.82) is 0 Å². The van der Waals surface area contributed by atoms with E-state index < -0.39 is 23.8 Å². The molecule has 0 aromatic heterocycles. The third-order valence-electron chi connectivity index (χ3n) is 6.22. The van der Waals surface area contributed by atoms with Crippen LogP contribution in [0.15, 0.2) is 96.0 Å². The van der Waals surface area contributed by atoms with Gasteiger partial charge in [-0.2, -0.15) is 0 Å². The van der Waals surface area contributed by atoms with Gasteiger partial charge >= 0.3 is 0 Å². The molecule has 1 heterocycles. The lowest BCUT2D eigenvalue weighted by molar-refractivity contribution is -0.311. The molecule has 3 aromatic carbocycles. The first-order chi connectivity index (χ1) is 17.0. The van der Waals surface area contributed by atoms with E-state index in [0.717, 1.165) is 22.8 Å². The van der Waals surface area contributed by atoms with Gasteiger partial charge in [0.05, 0.1) is 11.9 Å². The summed E-state index contributed by atoms with van der Waals surface area (Å²) in [5.74, 6) is -1.08. The molecule has 1 aliphatic heterocycles. The SMILES string of the molecule is CN1/C(=C/[P@](=S)(Oc2ccc(C=C(C(=O)[O-])C(=O)[O-])cc2)c2ccccc2)C(C)(C)c2ccccc21. The lowest BCUT2D eigenvalue weighted by Crippen LogP contribution is -2.36. The molecule has 8 heteroatoms. The summed E-state index contributed by atoms with van der Waals surface area (Å²) in [6.07, 6.45) is -1.77. The molecule has 0 saturated heterocycles. The van der Waals surface area contributed by atoms with Crippen molar-refractivity contribution in [2.45, 2.75) is 19.3 Å². The quantitative estimate of drug-likeness (QED) is 0.206. The molecule has 0 saturated carbocycles. The van der Waals surface area contributed by atoms with Gasteiger partial charge in [0.25, 0.3) is 0 Å². The van der Waals surface area contributed by atoms with Gasteiger partial charge in [0.2, 0.25) is 0 Å². The molecule has 0 bridgehead atoms. The maximum atomic E-state index is 11.0. The topological polar surface area (TPSA) is 92.7 Å². The zero-order valence-corrected chi connectivity index (χ0v) is 21.7. The number of fused-ring (bicyclic) bond motifs is 1. The number of likely N-dealkylation sites (N-methyl/N-ethyl adjacent to an activating group) is 1. The van der Waals surface area contributed by atoms with E-state index in [-0.39, 0.29) is 5.41 Å². The van der Waals surface area contributed by atoms with Crippen LogP contribution in [0, 0.1) is 0 Å². The minimum atomic E-state index is -2.76. The van der Waals surface area contributed by atoms with Gasteiger partial charge in [-0.05, 0) is 47.2 Å². The van der Waals surface area contributed by atoms with E-state index in [1.165, 1.54) is 5.56 Å². The van der Waals surface area contributed by atoms with E-state index in [1.807, 2.05) is 49.5 Å². The van der Waals surface area contributed by atoms with Gasteiger partial charge in [-0.25, -0.2) is 0 Å². The monoisotopic (exact) mass is 517 g/mol. The van der Waals surface area contributed by atoms with E-state index in [0.29, 0.717) is 11.3 Å². The van der Waals surface area contributed by atoms with E-state index in [2.05, 4.69) is 36.7 Å². The minimum Gasteiger partial charge on any atom is -0.545 e. The van der Waals surface area contributed by atoms with Gasteiger partial charge in [-0.3, -0.25) is 0 Å². The number of anilines is 1. The Morgan fingerprint density at radius 2 is 1.50 bits per heavy atom. The molecule has 0 radical (unpaired) electrons. The van der Waals surface area contributed by atoms with Crippen molar-refractivity contribution >= 4 is 47.1 Å². The van der Waals surface area contributed by atoms with Crippen molar-refractivity contribution in [2.24, 2.45) is 0 Å². The standard InChI is InChI=1S/C28H26NO5PS/c1-28(2)23-11-7-8-12-24(23)29(3)25(28)18-35(36,21-9-5-4-6-10-21)34-20-15-13-19(14-16-20)17-22(26(30)31)27(32)33/h4-18H,1-3H3,(H,30,31)(H,32,33)/p-2/b25-18+/t35-/m1/s1. The van der Waals surface area contributed by atoms with Crippen LogP contribution in [0.3, 0.4) is 0 Å². The number of allylic oxidation sites excluding steroid dienone is 1. The Labute approximate surface area is 215 Å². The van der Waals surface area contributed by atoms with Crippen LogP contribution in [-0.4, -0.2) is 19.0 Å². The highest BCUT2D eigenvalue weighted by atomic mass is 32.4. The first-order valence-electron chi connectivity index (χ1n) is 11.2. The van der Waals surface area contributed by atoms with Crippen LogP contribution in [0.25, 0.3) is 6.08 Å². The van der Waals surface area contributed by atoms with Crippen molar-refractivity contribution in [3.05, 3.63) is 107 Å². The largest absolute Gasteiger partial charge is 0.545 e. The van der Waals surface area contributed by atoms with Crippen LogP contribution >= 0.6 is 6.26 Å². The molecule has 0 unspecified atom stereocenters. The summed E-state index contributed by atoms with van der Waals surface area (Å²) in [6, 6.07) is 24.3. The summed E-state index contributed by atoms with van der Waals surface area (Å²) in [5.41, 5.74) is 2.51. The smallest absolute Gasteiger partial charge is 0.166 e. The molecule has 6 nitrogen and oxygen atoms in total. The maximum absolute atomic E-state index is 11.0. The molecule has 1 aliphatic rings. The highest BCUT2D eigenvalue weighted by Gasteiger charge is 2.40. The molecule has 0 aliphatic carbocycles. The van der Waals surface area contributed by atoms with Crippen molar-refractivity contribution in [3.63, 3.8) is 0 Å². The van der Waals surface area contributed by atoms with Crippen LogP contribution in [0.5, 0.6) is 5.75 Å². The maximum Gasteiger partial charge on any atom is 0.166 e. The highest BCUT2D eigenvalue weighted by Crippen LogP contribution is 2.55. The van der Waals surface area contributed by atoms with Crippen molar-refractivity contribution in [1.82, 2.24) is 0 Å². The molecule has 184 valence electrons. The molecule has 4 rings (SSSR count). The number of nitrogens with zero attached hydrogens (tertiary/aromatic N) is 1. The lowest BCUT2D eigenvalue weighted by Gasteiger charge is -2.28. The number of carboxylic acids is 2. The second-order valence-corrected chi connectivity index (χ2v) is 12.7. The number of hydrogen-bond acceptors (Lipinski definition) is 7. The minimum absolute atomic E-state index is 0.283. The van der Waals surface area contributed by atoms with Gasteiger partial charge in [0.1, 0.15) is 5.75 Å². The Bertz CT molecular complexity index is 1410. The summed E-state index contributed by atoms with van der Waals surface area (Å²) in [7, 11) is 2.03. The summed E-state index contributed by atoms with van der Waals surface area (Å²) < 4.78 is 6.49. The van der Waals surface area contributed by atoms with Crippen molar-refractivity contribution in [2.75, 3.05) is 11.9 Å². The summed E-state index contributed by atoms with van der Waals surface area (Å²) >= 11 is 6.23. The zero-order chi connectivity index (χ0) is 26.1. The normalized spacial score (nSPS) is 16.6. The van der Waals surface area contributed by atoms with Crippen LogP contribution in [0.2, 0.25) is 0 Å². The highest BCUT2D eigenvalue weighted by molar-refractivity contribution is 8.17. The van der Waals surface area contributed by atoms with Gasteiger partial charge < -0.3 is 29.2 Å². The fourth-order valence-corrected chi connectivity index (χ4v) is 7.40. The Balaban J connectivity index is 1.75. The van der Waals surface area contributed by atoms with Crippen molar-refractivity contribution < 1.29 is 24.3 Å². The van der Waals surface area contributed by atoms with Crippen molar-refractivity contribution in [3.8, 4) is 5.75 Å². The number of rotatable bonds is 7. The van der Waals surface area contributed by atoms with E-state index in [1.54, 1.807) is 24.3 Å². The first-order valence-corrected chi connectivity index (χ1v) is 14.0. The fourth-order valence-electron chi connectivity index (χ4n) is 4.33. The second kappa shape index (κ2) is 9.76. The molecule has 0 spiro atoms. The zero-order valence-electron chi connectivity index (χ0n) is 20.0. The number of aliphatic carboxylic acids is 2. The molecule has 0 fully saturated rings. The lowest BCUT2D eigenvalue weighted by atomic mass is 9.84. The van der Waals surface area contributed by atoms with Crippen LogP contribution < -0.4 is 24.9 Å². The van der Waals surface area contributed by atoms with E-state index in [9.17, 15) is 19.8 Å². The molecule has 0 amide bonds. The summed E-state index contributed by atoms with van der Waals surface area (Å²) in [5, 5.41) is 23.0. The Hall–Kier alpha value is -3.67. The van der Waals surface area contributed by atoms with Gasteiger partial charge in [-0.1, -0.05) is 74.5 Å². The Morgan fingerprint density at radius 1 is 0.917 bits per heavy atom. The average Bonchev–Trinajstić information content (AvgIpc) is 3.04. The summed E-state index contributed by atoms with van der Waals surface area (Å²) in [6.45, 7) is 4.33. The summed E-state index contributed by atoms with van der Waals surface area (Å²) in [4.78, 5) is 24.2. The van der Waals surface area contributed by atoms with Crippen LogP contribution in [-0.2, 0) is 26.8 Å². The number of para-hydroxylation sites is 1.